The molecule has 3 heteroatoms. The van der Waals surface area contributed by atoms with Crippen LogP contribution >= 0.6 is 0 Å². The van der Waals surface area contributed by atoms with Gasteiger partial charge < -0.3 is 10.3 Å². The molecule has 15 heavy (non-hydrogen) atoms. The summed E-state index contributed by atoms with van der Waals surface area (Å²) in [4.78, 5) is 7.24. The number of aromatic amines is 1. The van der Waals surface area contributed by atoms with Crippen molar-refractivity contribution >= 4 is 0 Å². The molecule has 3 nitrogen and oxygen atoms in total. The van der Waals surface area contributed by atoms with Crippen LogP contribution in [0.4, 0.5) is 0 Å². The smallest absolute Gasteiger partial charge is 0.120 e. The molecule has 1 aromatic rings. The Morgan fingerprint density at radius 3 is 2.73 bits per heavy atom. The molecule has 86 valence electrons. The fourth-order valence-electron chi connectivity index (χ4n) is 1.63. The number of nitrogens with one attached hydrogen (secondary N) is 2. The Hall–Kier alpha value is -0.830. The third-order valence-electron chi connectivity index (χ3n) is 2.55. The molecule has 0 aliphatic heterocycles. The van der Waals surface area contributed by atoms with Gasteiger partial charge in [0.25, 0.3) is 0 Å². The van der Waals surface area contributed by atoms with Crippen LogP contribution in [-0.2, 0) is 6.54 Å². The van der Waals surface area contributed by atoms with Crippen LogP contribution in [-0.4, -0.2) is 16.5 Å². The lowest BCUT2D eigenvalue weighted by atomic mass is 10.1. The van der Waals surface area contributed by atoms with Crippen molar-refractivity contribution in [2.75, 3.05) is 6.54 Å². The highest BCUT2D eigenvalue weighted by atomic mass is 15.0. The first-order valence-electron chi connectivity index (χ1n) is 6.12. The van der Waals surface area contributed by atoms with Gasteiger partial charge in [0.15, 0.2) is 0 Å². The topological polar surface area (TPSA) is 40.7 Å². The van der Waals surface area contributed by atoms with Crippen molar-refractivity contribution in [3.63, 3.8) is 0 Å². The van der Waals surface area contributed by atoms with Crippen molar-refractivity contribution in [3.8, 4) is 0 Å². The maximum Gasteiger partial charge on any atom is 0.120 e. The predicted octanol–water partition coefficient (Wildman–Crippen LogP) is 2.86. The van der Waals surface area contributed by atoms with Crippen molar-refractivity contribution in [2.24, 2.45) is 0 Å². The van der Waals surface area contributed by atoms with E-state index in [1.807, 2.05) is 6.20 Å². The molecule has 1 aromatic heterocycles. The van der Waals surface area contributed by atoms with Crippen molar-refractivity contribution < 1.29 is 0 Å². The number of aromatic nitrogens is 2. The van der Waals surface area contributed by atoms with Crippen LogP contribution in [0.3, 0.4) is 0 Å². The van der Waals surface area contributed by atoms with E-state index in [0.29, 0.717) is 0 Å². The molecule has 0 saturated heterocycles. The Bertz CT molecular complexity index is 219. The van der Waals surface area contributed by atoms with Gasteiger partial charge in [-0.25, -0.2) is 4.98 Å². The Balaban J connectivity index is 1.81. The summed E-state index contributed by atoms with van der Waals surface area (Å²) in [5.41, 5.74) is 0. The van der Waals surface area contributed by atoms with Gasteiger partial charge in [-0.1, -0.05) is 39.0 Å². The lowest BCUT2D eigenvalue weighted by Gasteiger charge is -2.02. The lowest BCUT2D eigenvalue weighted by Crippen LogP contribution is -2.15. The normalized spacial score (nSPS) is 10.7. The molecule has 0 radical (unpaired) electrons. The highest BCUT2D eigenvalue weighted by Gasteiger charge is 1.93. The SMILES string of the molecule is CCCCCCCCNCc1ncc[nH]1. The number of hydrogen-bond donors (Lipinski definition) is 2. The Labute approximate surface area is 92.7 Å². The van der Waals surface area contributed by atoms with Crippen molar-refractivity contribution in [1.82, 2.24) is 15.3 Å². The number of imidazole rings is 1. The molecule has 2 N–H and O–H groups in total. The molecule has 0 amide bonds. The molecule has 0 aliphatic rings. The molecule has 0 fully saturated rings. The predicted molar refractivity (Wildman–Crippen MR) is 63.7 cm³/mol. The maximum absolute atomic E-state index is 4.16. The average molecular weight is 209 g/mol. The molecule has 0 atom stereocenters. The molecule has 0 aromatic carbocycles. The second-order valence-corrected chi connectivity index (χ2v) is 3.98. The van der Waals surface area contributed by atoms with Crippen molar-refractivity contribution in [3.05, 3.63) is 18.2 Å². The molecule has 1 heterocycles. The summed E-state index contributed by atoms with van der Waals surface area (Å²) in [5, 5.41) is 3.38. The van der Waals surface area contributed by atoms with Gasteiger partial charge in [-0.2, -0.15) is 0 Å². The van der Waals surface area contributed by atoms with Gasteiger partial charge in [0.05, 0.1) is 6.54 Å². The van der Waals surface area contributed by atoms with Crippen LogP contribution < -0.4 is 5.32 Å². The molecule has 0 bridgehead atoms. The zero-order valence-corrected chi connectivity index (χ0v) is 9.76. The van der Waals surface area contributed by atoms with Crippen LogP contribution in [0.25, 0.3) is 0 Å². The van der Waals surface area contributed by atoms with E-state index in [1.165, 1.54) is 38.5 Å². The third-order valence-corrected chi connectivity index (χ3v) is 2.55. The first kappa shape index (κ1) is 12.2. The molecule has 0 saturated carbocycles. The van der Waals surface area contributed by atoms with E-state index in [4.69, 9.17) is 0 Å². The molecular weight excluding hydrogens is 186 g/mol. The van der Waals surface area contributed by atoms with E-state index in [2.05, 4.69) is 22.2 Å². The number of H-pyrrole nitrogens is 1. The van der Waals surface area contributed by atoms with Crippen LogP contribution in [0, 0.1) is 0 Å². The van der Waals surface area contributed by atoms with Gasteiger partial charge in [0.1, 0.15) is 5.82 Å². The zero-order chi connectivity index (χ0) is 10.8. The van der Waals surface area contributed by atoms with E-state index in [1.54, 1.807) is 6.20 Å². The molecule has 0 unspecified atom stereocenters. The molecule has 0 aliphatic carbocycles. The minimum Gasteiger partial charge on any atom is -0.348 e. The summed E-state index contributed by atoms with van der Waals surface area (Å²) >= 11 is 0. The van der Waals surface area contributed by atoms with Crippen molar-refractivity contribution in [1.29, 1.82) is 0 Å². The first-order chi connectivity index (χ1) is 7.43. The third kappa shape index (κ3) is 6.28. The van der Waals surface area contributed by atoms with E-state index >= 15 is 0 Å². The van der Waals surface area contributed by atoms with Crippen LogP contribution in [0.5, 0.6) is 0 Å². The average Bonchev–Trinajstić information content (AvgIpc) is 2.75. The highest BCUT2D eigenvalue weighted by Crippen LogP contribution is 2.04. The molecular formula is C12H23N3. The number of nitrogens with zero attached hydrogens (tertiary/aromatic N) is 1. The second-order valence-electron chi connectivity index (χ2n) is 3.98. The van der Waals surface area contributed by atoms with E-state index < -0.39 is 0 Å². The van der Waals surface area contributed by atoms with Gasteiger partial charge >= 0.3 is 0 Å². The number of hydrogen-bond acceptors (Lipinski definition) is 2. The summed E-state index contributed by atoms with van der Waals surface area (Å²) in [6, 6.07) is 0. The minimum atomic E-state index is 0.863. The largest absolute Gasteiger partial charge is 0.348 e. The maximum atomic E-state index is 4.16. The van der Waals surface area contributed by atoms with Crippen LogP contribution in [0.1, 0.15) is 51.3 Å². The van der Waals surface area contributed by atoms with Gasteiger partial charge in [0.2, 0.25) is 0 Å². The van der Waals surface area contributed by atoms with E-state index in [0.717, 1.165) is 18.9 Å². The van der Waals surface area contributed by atoms with Crippen LogP contribution in [0.2, 0.25) is 0 Å². The first-order valence-corrected chi connectivity index (χ1v) is 6.12. The Kier molecular flexibility index (Phi) is 6.92. The number of unbranched alkanes of at least 4 members (excludes halogenated alkanes) is 5. The van der Waals surface area contributed by atoms with Gasteiger partial charge in [-0.05, 0) is 13.0 Å². The van der Waals surface area contributed by atoms with Gasteiger partial charge in [-0.3, -0.25) is 0 Å². The summed E-state index contributed by atoms with van der Waals surface area (Å²) in [6.45, 7) is 4.22. The summed E-state index contributed by atoms with van der Waals surface area (Å²) in [5.74, 6) is 1.03. The fraction of sp³-hybridized carbons (Fsp3) is 0.750. The van der Waals surface area contributed by atoms with Crippen molar-refractivity contribution in [2.45, 2.75) is 52.0 Å². The molecule has 0 spiro atoms. The summed E-state index contributed by atoms with van der Waals surface area (Å²) < 4.78 is 0. The van der Waals surface area contributed by atoms with E-state index in [9.17, 15) is 0 Å². The lowest BCUT2D eigenvalue weighted by molar-refractivity contribution is 0.567. The minimum absolute atomic E-state index is 0.863. The Morgan fingerprint density at radius 1 is 1.20 bits per heavy atom. The zero-order valence-electron chi connectivity index (χ0n) is 9.76. The summed E-state index contributed by atoms with van der Waals surface area (Å²) in [7, 11) is 0. The Morgan fingerprint density at radius 2 is 2.00 bits per heavy atom. The second kappa shape index (κ2) is 8.48. The number of rotatable bonds is 9. The van der Waals surface area contributed by atoms with E-state index in [-0.39, 0.29) is 0 Å². The highest BCUT2D eigenvalue weighted by molar-refractivity contribution is 4.85. The molecule has 1 rings (SSSR count). The summed E-state index contributed by atoms with van der Waals surface area (Å²) in [6.07, 6.45) is 11.8. The van der Waals surface area contributed by atoms with Gasteiger partial charge in [-0.15, -0.1) is 0 Å². The fourth-order valence-corrected chi connectivity index (χ4v) is 1.63. The quantitative estimate of drug-likeness (QED) is 0.614. The monoisotopic (exact) mass is 209 g/mol. The van der Waals surface area contributed by atoms with Gasteiger partial charge in [0, 0.05) is 12.4 Å². The standard InChI is InChI=1S/C12H23N3/c1-2-3-4-5-6-7-8-13-11-12-14-9-10-15-12/h9-10,13H,2-8,11H2,1H3,(H,14,15). The van der Waals surface area contributed by atoms with Crippen LogP contribution in [0.15, 0.2) is 12.4 Å².